The zero-order chi connectivity index (χ0) is 19.7. The van der Waals surface area contributed by atoms with Crippen molar-refractivity contribution >= 4 is 26.5 Å². The van der Waals surface area contributed by atoms with Crippen LogP contribution in [0.1, 0.15) is 80.1 Å². The molecule has 0 aromatic rings. The number of unbranched alkanes of at least 4 members (excludes halogenated alkanes) is 3. The molecule has 0 saturated heterocycles. The molecular weight excluding hydrogens is 431 g/mol. The van der Waals surface area contributed by atoms with Gasteiger partial charge in [0.15, 0.2) is 0 Å². The second kappa shape index (κ2) is 11.3. The summed E-state index contributed by atoms with van der Waals surface area (Å²) in [5.74, 6) is 0.339. The third-order valence-electron chi connectivity index (χ3n) is 4.92. The standard InChI is InChI=1S/C9H19O2Si.3C4H9.Sn/c1-9(2,3)11-8(10)7-12(4,5)6;3*1-3-4-2;/h10H,1-6H3;3*1,3-4H2,2H3;. The predicted molar refractivity (Wildman–Crippen MR) is 119 cm³/mol. The first-order valence-corrected chi connectivity index (χ1v) is 21.5. The Labute approximate surface area is 163 Å². The third-order valence-corrected chi connectivity index (χ3v) is 31.5. The van der Waals surface area contributed by atoms with Crippen LogP contribution in [0.2, 0.25) is 33.0 Å². The van der Waals surface area contributed by atoms with Gasteiger partial charge in [-0.2, -0.15) is 0 Å². The van der Waals surface area contributed by atoms with Gasteiger partial charge in [0.2, 0.25) is 0 Å². The Kier molecular flexibility index (Phi) is 11.4. The first-order chi connectivity index (χ1) is 11.4. The van der Waals surface area contributed by atoms with Gasteiger partial charge in [0, 0.05) is 0 Å². The van der Waals surface area contributed by atoms with Gasteiger partial charge >= 0.3 is 164 Å². The monoisotopic (exact) mass is 478 g/mol. The second-order valence-electron chi connectivity index (χ2n) is 9.74. The molecule has 150 valence electrons. The van der Waals surface area contributed by atoms with E-state index in [1.807, 2.05) is 20.8 Å². The molecule has 25 heavy (non-hydrogen) atoms. The van der Waals surface area contributed by atoms with E-state index in [1.165, 1.54) is 55.0 Å². The first kappa shape index (κ1) is 25.4. The molecule has 0 aromatic carbocycles. The third kappa shape index (κ3) is 9.21. The van der Waals surface area contributed by atoms with Crippen LogP contribution in [-0.4, -0.2) is 37.2 Å². The van der Waals surface area contributed by atoms with E-state index in [9.17, 15) is 5.11 Å². The molecule has 4 heteroatoms. The quantitative estimate of drug-likeness (QED) is 0.229. The molecule has 0 atom stereocenters. The molecule has 0 aliphatic rings. The molecule has 0 aromatic heterocycles. The Morgan fingerprint density at radius 2 is 1.20 bits per heavy atom. The van der Waals surface area contributed by atoms with Crippen molar-refractivity contribution in [2.24, 2.45) is 0 Å². The van der Waals surface area contributed by atoms with Gasteiger partial charge in [-0.3, -0.25) is 0 Å². The number of aliphatic hydroxyl groups is 1. The molecule has 0 radical (unpaired) electrons. The molecule has 1 N–H and O–H groups in total. The Hall–Kier alpha value is 0.356. The van der Waals surface area contributed by atoms with Crippen LogP contribution < -0.4 is 0 Å². The molecule has 0 aliphatic heterocycles. The normalized spacial score (nSPS) is 14.4. The predicted octanol–water partition coefficient (Wildman–Crippen LogP) is 7.84. The number of aliphatic hydroxyl groups excluding tert-OH is 1. The van der Waals surface area contributed by atoms with Crippen LogP contribution >= 0.6 is 0 Å². The van der Waals surface area contributed by atoms with Crippen molar-refractivity contribution < 1.29 is 9.84 Å². The summed E-state index contributed by atoms with van der Waals surface area (Å²) in [5, 5.41) is 11.2. The van der Waals surface area contributed by atoms with Crippen molar-refractivity contribution in [1.82, 2.24) is 0 Å². The van der Waals surface area contributed by atoms with Crippen LogP contribution in [0.5, 0.6) is 0 Å². The summed E-state index contributed by atoms with van der Waals surface area (Å²) in [4.78, 5) is 0. The van der Waals surface area contributed by atoms with Gasteiger partial charge in [0.05, 0.1) is 0 Å². The van der Waals surface area contributed by atoms with Crippen LogP contribution in [0, 0.1) is 0 Å². The maximum atomic E-state index is 11.2. The molecule has 0 bridgehead atoms. The summed E-state index contributed by atoms with van der Waals surface area (Å²) in [7, 11) is -1.64. The fourth-order valence-corrected chi connectivity index (χ4v) is 36.9. The minimum atomic E-state index is -2.66. The van der Waals surface area contributed by atoms with Crippen LogP contribution in [0.25, 0.3) is 0 Å². The van der Waals surface area contributed by atoms with Crippen LogP contribution in [-0.2, 0) is 4.74 Å². The summed E-state index contributed by atoms with van der Waals surface area (Å²) in [6.45, 7) is 20.3. The zero-order valence-corrected chi connectivity index (χ0v) is 22.6. The summed E-state index contributed by atoms with van der Waals surface area (Å²) in [6.07, 6.45) is 7.74. The Bertz CT molecular complexity index is 383. The van der Waals surface area contributed by atoms with Crippen LogP contribution in [0.3, 0.4) is 0 Å². The maximum absolute atomic E-state index is 11.2. The average Bonchev–Trinajstić information content (AvgIpc) is 2.45. The summed E-state index contributed by atoms with van der Waals surface area (Å²) in [5.41, 5.74) is -0.327. The van der Waals surface area contributed by atoms with E-state index in [1.54, 1.807) is 0 Å². The second-order valence-corrected chi connectivity index (χ2v) is 29.2. The Balaban J connectivity index is 6.22. The molecule has 0 heterocycles. The van der Waals surface area contributed by atoms with E-state index < -0.39 is 26.5 Å². The van der Waals surface area contributed by atoms with Gasteiger partial charge in [0.1, 0.15) is 0 Å². The van der Waals surface area contributed by atoms with Crippen LogP contribution in [0.4, 0.5) is 0 Å². The minimum absolute atomic E-state index is 0.327. The summed E-state index contributed by atoms with van der Waals surface area (Å²) < 4.78 is 11.8. The fourth-order valence-electron chi connectivity index (χ4n) is 3.98. The van der Waals surface area contributed by atoms with Crippen LogP contribution in [0.15, 0.2) is 9.16 Å². The van der Waals surface area contributed by atoms with Crippen molar-refractivity contribution in [2.45, 2.75) is 119 Å². The number of hydrogen-bond acceptors (Lipinski definition) is 2. The van der Waals surface area contributed by atoms with E-state index in [0.717, 1.165) is 0 Å². The van der Waals surface area contributed by atoms with Gasteiger partial charge in [-0.1, -0.05) is 0 Å². The molecule has 2 nitrogen and oxygen atoms in total. The van der Waals surface area contributed by atoms with Gasteiger partial charge in [-0.05, 0) is 0 Å². The number of rotatable bonds is 12. The van der Waals surface area contributed by atoms with Crippen molar-refractivity contribution in [3.63, 3.8) is 0 Å². The zero-order valence-electron chi connectivity index (χ0n) is 18.7. The summed E-state index contributed by atoms with van der Waals surface area (Å²) in [6, 6.07) is 0. The topological polar surface area (TPSA) is 29.5 Å². The van der Waals surface area contributed by atoms with E-state index in [-0.39, 0.29) is 5.60 Å². The molecule has 0 amide bonds. The van der Waals surface area contributed by atoms with E-state index >= 15 is 0 Å². The molecule has 0 rings (SSSR count). The van der Waals surface area contributed by atoms with Gasteiger partial charge in [0.25, 0.3) is 0 Å². The van der Waals surface area contributed by atoms with E-state index in [2.05, 4.69) is 40.4 Å². The van der Waals surface area contributed by atoms with Crippen molar-refractivity contribution in [2.75, 3.05) is 0 Å². The number of hydrogen-bond donors (Lipinski definition) is 1. The molecular formula is C21H46O2SiSn. The average molecular weight is 477 g/mol. The van der Waals surface area contributed by atoms with Crippen molar-refractivity contribution in [3.8, 4) is 0 Å². The molecule has 0 saturated carbocycles. The Morgan fingerprint density at radius 1 is 0.840 bits per heavy atom. The SMILES string of the molecule is CCC[CH2][Sn]([CH2]CCC)([CH2]CCC)/[C](=C(\O)OC(C)(C)C)[Si](C)(C)C. The molecule has 0 fully saturated rings. The van der Waals surface area contributed by atoms with E-state index in [0.29, 0.717) is 5.95 Å². The molecule has 0 aliphatic carbocycles. The first-order valence-electron chi connectivity index (χ1n) is 10.6. The van der Waals surface area contributed by atoms with Gasteiger partial charge in [-0.25, -0.2) is 0 Å². The van der Waals surface area contributed by atoms with Crippen molar-refractivity contribution in [3.05, 3.63) is 9.16 Å². The van der Waals surface area contributed by atoms with Crippen molar-refractivity contribution in [1.29, 1.82) is 0 Å². The molecule has 0 spiro atoms. The van der Waals surface area contributed by atoms with Gasteiger partial charge < -0.3 is 0 Å². The summed E-state index contributed by atoms with van der Waals surface area (Å²) >= 11 is -2.66. The van der Waals surface area contributed by atoms with E-state index in [4.69, 9.17) is 4.74 Å². The Morgan fingerprint density at radius 3 is 1.44 bits per heavy atom. The number of ether oxygens (including phenoxy) is 1. The van der Waals surface area contributed by atoms with Gasteiger partial charge in [-0.15, -0.1) is 0 Å². The molecule has 0 unspecified atom stereocenters. The fraction of sp³-hybridized carbons (Fsp3) is 0.905.